The number of hydrogen-bond donors (Lipinski definition) is 2. The van der Waals surface area contributed by atoms with Crippen molar-refractivity contribution in [1.82, 2.24) is 19.5 Å². The van der Waals surface area contributed by atoms with E-state index in [2.05, 4.69) is 25.3 Å². The second kappa shape index (κ2) is 10.2. The lowest BCUT2D eigenvalue weighted by atomic mass is 10.0. The average Bonchev–Trinajstić information content (AvgIpc) is 3.30. The fourth-order valence-corrected chi connectivity index (χ4v) is 4.49. The highest BCUT2D eigenvalue weighted by atomic mass is 19.4. The van der Waals surface area contributed by atoms with Crippen LogP contribution in [0, 0.1) is 0 Å². The number of nitrogens with one attached hydrogen (secondary N) is 1. The fourth-order valence-electron chi connectivity index (χ4n) is 4.49. The first-order chi connectivity index (χ1) is 18.2. The Bertz CT molecular complexity index is 1430. The van der Waals surface area contributed by atoms with Crippen LogP contribution in [0.15, 0.2) is 61.2 Å². The Kier molecular flexibility index (Phi) is 6.76. The van der Waals surface area contributed by atoms with Crippen molar-refractivity contribution in [2.75, 3.05) is 41.6 Å². The highest BCUT2D eigenvalue weighted by Crippen LogP contribution is 2.42. The molecular formula is C25H25F3N8O2. The minimum Gasteiger partial charge on any atom is -0.378 e. The number of halogens is 3. The largest absolute Gasteiger partial charge is 0.415 e. The van der Waals surface area contributed by atoms with Crippen molar-refractivity contribution in [1.29, 1.82) is 0 Å². The van der Waals surface area contributed by atoms with Gasteiger partial charge >= 0.3 is 6.18 Å². The monoisotopic (exact) mass is 526 g/mol. The summed E-state index contributed by atoms with van der Waals surface area (Å²) in [5.74, 6) is -1.38. The third-order valence-corrected chi connectivity index (χ3v) is 6.28. The molecule has 0 aliphatic carbocycles. The van der Waals surface area contributed by atoms with Crippen molar-refractivity contribution in [2.24, 2.45) is 12.8 Å². The molecule has 0 saturated carbocycles. The molecule has 10 nitrogen and oxygen atoms in total. The first-order valence-electron chi connectivity index (χ1n) is 11.8. The van der Waals surface area contributed by atoms with Gasteiger partial charge in [0.1, 0.15) is 0 Å². The molecule has 38 heavy (non-hydrogen) atoms. The molecule has 13 heteroatoms. The number of ether oxygens (including phenoxy) is 1. The molecule has 1 atom stereocenters. The third kappa shape index (κ3) is 4.92. The van der Waals surface area contributed by atoms with Crippen LogP contribution >= 0.6 is 0 Å². The summed E-state index contributed by atoms with van der Waals surface area (Å²) >= 11 is 0. The Morgan fingerprint density at radius 2 is 1.79 bits per heavy atom. The Labute approximate surface area is 215 Å². The van der Waals surface area contributed by atoms with Gasteiger partial charge in [0.2, 0.25) is 0 Å². The van der Waals surface area contributed by atoms with Gasteiger partial charge in [-0.05, 0) is 30.3 Å². The molecular weight excluding hydrogens is 501 g/mol. The van der Waals surface area contributed by atoms with Gasteiger partial charge in [-0.15, -0.1) is 0 Å². The number of hydrogen-bond acceptors (Lipinski definition) is 8. The van der Waals surface area contributed by atoms with Crippen LogP contribution in [-0.2, 0) is 11.8 Å². The van der Waals surface area contributed by atoms with Gasteiger partial charge in [-0.25, -0.2) is 15.0 Å². The average molecular weight is 527 g/mol. The van der Waals surface area contributed by atoms with E-state index in [9.17, 15) is 18.0 Å². The van der Waals surface area contributed by atoms with Crippen molar-refractivity contribution in [3.63, 3.8) is 0 Å². The summed E-state index contributed by atoms with van der Waals surface area (Å²) in [7, 11) is 1.70. The summed E-state index contributed by atoms with van der Waals surface area (Å²) in [4.78, 5) is 26.5. The number of imidazole rings is 1. The second-order valence-electron chi connectivity index (χ2n) is 8.74. The quantitative estimate of drug-likeness (QED) is 0.352. The Morgan fingerprint density at radius 3 is 2.47 bits per heavy atom. The number of aryl methyl sites for hydroxylation is 1. The van der Waals surface area contributed by atoms with E-state index in [1.807, 2.05) is 0 Å². The zero-order chi connectivity index (χ0) is 26.9. The number of primary amides is 1. The number of hydrazine groups is 1. The number of amides is 1. The molecule has 198 valence electrons. The topological polar surface area (TPSA) is 114 Å². The molecule has 1 aliphatic heterocycles. The van der Waals surface area contributed by atoms with E-state index in [0.717, 1.165) is 10.7 Å². The summed E-state index contributed by atoms with van der Waals surface area (Å²) in [6.07, 6.45) is -0.979. The van der Waals surface area contributed by atoms with E-state index >= 15 is 0 Å². The summed E-state index contributed by atoms with van der Waals surface area (Å²) < 4.78 is 51.8. The minimum atomic E-state index is -4.82. The molecule has 3 heterocycles. The van der Waals surface area contributed by atoms with E-state index < -0.39 is 23.8 Å². The highest BCUT2D eigenvalue weighted by molar-refractivity contribution is 5.96. The maximum atomic E-state index is 14.9. The lowest BCUT2D eigenvalue weighted by molar-refractivity contribution is -0.149. The molecule has 3 N–H and O–H groups in total. The van der Waals surface area contributed by atoms with Crippen LogP contribution in [-0.4, -0.2) is 57.9 Å². The number of benzene rings is 2. The molecule has 5 rings (SSSR count). The minimum absolute atomic E-state index is 0.130. The van der Waals surface area contributed by atoms with Gasteiger partial charge in [0, 0.05) is 43.8 Å². The van der Waals surface area contributed by atoms with Gasteiger partial charge in [-0.3, -0.25) is 15.2 Å². The first kappa shape index (κ1) is 25.3. The standard InChI is InChI=1S/C25H25F3N8O2/c1-34-15-32-20-18(3-2-4-19(20)34)22(25(26,27)28)36(24-21(23(29)37)30-9-10-31-24)33-16-5-7-17(8-6-16)35-11-13-38-14-12-35/h2-10,15,22,33H,11-14H2,1H3,(H2,29,37). The number of morpholine rings is 1. The van der Waals surface area contributed by atoms with Gasteiger partial charge in [-0.2, -0.15) is 13.2 Å². The number of nitrogens with two attached hydrogens (primary N) is 1. The van der Waals surface area contributed by atoms with Gasteiger partial charge < -0.3 is 19.9 Å². The van der Waals surface area contributed by atoms with E-state index in [-0.39, 0.29) is 16.9 Å². The lowest BCUT2D eigenvalue weighted by Gasteiger charge is -2.35. The number of anilines is 3. The van der Waals surface area contributed by atoms with Crippen molar-refractivity contribution in [3.05, 3.63) is 72.4 Å². The number of rotatable bonds is 7. The summed E-state index contributed by atoms with van der Waals surface area (Å²) in [5, 5.41) is 0.778. The predicted molar refractivity (Wildman–Crippen MR) is 136 cm³/mol. The highest BCUT2D eigenvalue weighted by Gasteiger charge is 2.48. The number of nitrogens with zero attached hydrogens (tertiary/aromatic N) is 6. The molecule has 0 spiro atoms. The summed E-state index contributed by atoms with van der Waals surface area (Å²) in [6.45, 7) is 2.63. The maximum Gasteiger partial charge on any atom is 0.415 e. The molecule has 1 aliphatic rings. The zero-order valence-electron chi connectivity index (χ0n) is 20.4. The number of alkyl halides is 3. The van der Waals surface area contributed by atoms with Crippen LogP contribution in [0.5, 0.6) is 0 Å². The van der Waals surface area contributed by atoms with Crippen LogP contribution in [0.3, 0.4) is 0 Å². The fraction of sp³-hybridized carbons (Fsp3) is 0.280. The Hall–Kier alpha value is -4.39. The second-order valence-corrected chi connectivity index (χ2v) is 8.74. The first-order valence-corrected chi connectivity index (χ1v) is 11.8. The lowest BCUT2D eigenvalue weighted by Crippen LogP contribution is -2.44. The predicted octanol–water partition coefficient (Wildman–Crippen LogP) is 3.44. The maximum absolute atomic E-state index is 14.9. The number of carbonyl (C=O) groups is 1. The molecule has 4 aromatic rings. The van der Waals surface area contributed by atoms with Gasteiger partial charge in [-0.1, -0.05) is 12.1 Å². The van der Waals surface area contributed by atoms with Crippen molar-refractivity contribution < 1.29 is 22.7 Å². The molecule has 1 saturated heterocycles. The van der Waals surface area contributed by atoms with Gasteiger partial charge in [0.25, 0.3) is 5.91 Å². The van der Waals surface area contributed by atoms with E-state index in [1.54, 1.807) is 41.9 Å². The Morgan fingerprint density at radius 1 is 1.08 bits per heavy atom. The zero-order valence-corrected chi connectivity index (χ0v) is 20.4. The van der Waals surface area contributed by atoms with E-state index in [4.69, 9.17) is 10.5 Å². The van der Waals surface area contributed by atoms with Crippen molar-refractivity contribution in [2.45, 2.75) is 12.2 Å². The summed E-state index contributed by atoms with van der Waals surface area (Å²) in [5.41, 5.74) is 9.69. The molecule has 0 bridgehead atoms. The third-order valence-electron chi connectivity index (χ3n) is 6.28. The van der Waals surface area contributed by atoms with Gasteiger partial charge in [0.15, 0.2) is 17.6 Å². The number of para-hydroxylation sites is 1. The number of carbonyl (C=O) groups excluding carboxylic acids is 1. The van der Waals surface area contributed by atoms with E-state index in [1.165, 1.54) is 30.9 Å². The molecule has 2 aromatic heterocycles. The Balaban J connectivity index is 1.62. The van der Waals surface area contributed by atoms with Crippen molar-refractivity contribution in [3.8, 4) is 0 Å². The van der Waals surface area contributed by atoms with Crippen LogP contribution in [0.1, 0.15) is 22.1 Å². The molecule has 1 fully saturated rings. The normalized spacial score (nSPS) is 14.9. The van der Waals surface area contributed by atoms with Crippen LogP contribution in [0.4, 0.5) is 30.4 Å². The van der Waals surface area contributed by atoms with Gasteiger partial charge in [0.05, 0.1) is 36.3 Å². The molecule has 1 unspecified atom stereocenters. The SMILES string of the molecule is Cn1cnc2c(C(N(Nc3ccc(N4CCOCC4)cc3)c3nccnc3C(N)=O)C(F)(F)F)cccc21. The molecule has 1 amide bonds. The van der Waals surface area contributed by atoms with Crippen LogP contribution in [0.25, 0.3) is 11.0 Å². The molecule has 0 radical (unpaired) electrons. The van der Waals surface area contributed by atoms with E-state index in [0.29, 0.717) is 37.5 Å². The molecule has 2 aromatic carbocycles. The van der Waals surface area contributed by atoms with Crippen molar-refractivity contribution >= 4 is 34.1 Å². The van der Waals surface area contributed by atoms with Crippen LogP contribution < -0.4 is 21.1 Å². The smallest absolute Gasteiger partial charge is 0.378 e. The number of aromatic nitrogens is 4. The number of fused-ring (bicyclic) bond motifs is 1. The van der Waals surface area contributed by atoms with Crippen LogP contribution in [0.2, 0.25) is 0 Å². The summed E-state index contributed by atoms with van der Waals surface area (Å²) in [6, 6.07) is 9.19.